The number of nitrogens with one attached hydrogen (secondary N) is 1. The summed E-state index contributed by atoms with van der Waals surface area (Å²) in [6, 6.07) is 11.8. The molecular formula is C21H24N4O2. The van der Waals surface area contributed by atoms with Crippen molar-refractivity contribution < 1.29 is 9.53 Å². The van der Waals surface area contributed by atoms with E-state index in [0.29, 0.717) is 5.56 Å². The van der Waals surface area contributed by atoms with Gasteiger partial charge in [0.05, 0.1) is 18.8 Å². The molecule has 0 unspecified atom stereocenters. The Morgan fingerprint density at radius 2 is 1.96 bits per heavy atom. The lowest BCUT2D eigenvalue weighted by Crippen LogP contribution is -2.36. The van der Waals surface area contributed by atoms with Gasteiger partial charge in [0.2, 0.25) is 0 Å². The van der Waals surface area contributed by atoms with E-state index in [2.05, 4.69) is 22.1 Å². The number of anilines is 2. The number of rotatable bonds is 5. The van der Waals surface area contributed by atoms with Gasteiger partial charge in [0.15, 0.2) is 0 Å². The highest BCUT2D eigenvalue weighted by molar-refractivity contribution is 6.12. The van der Waals surface area contributed by atoms with Crippen LogP contribution in [0.25, 0.3) is 11.0 Å². The van der Waals surface area contributed by atoms with Crippen LogP contribution in [0.1, 0.15) is 23.7 Å². The number of benzene rings is 1. The topological polar surface area (TPSA) is 59.4 Å². The van der Waals surface area contributed by atoms with Gasteiger partial charge in [0.1, 0.15) is 5.65 Å². The quantitative estimate of drug-likeness (QED) is 0.752. The van der Waals surface area contributed by atoms with Crippen LogP contribution < -0.4 is 10.2 Å². The Labute approximate surface area is 158 Å². The van der Waals surface area contributed by atoms with E-state index in [0.717, 1.165) is 61.7 Å². The number of aromatic nitrogens is 2. The first-order chi connectivity index (χ1) is 13.3. The number of pyridine rings is 1. The van der Waals surface area contributed by atoms with E-state index in [1.807, 2.05) is 47.2 Å². The predicted molar refractivity (Wildman–Crippen MR) is 107 cm³/mol. The summed E-state index contributed by atoms with van der Waals surface area (Å²) in [7, 11) is 0. The molecule has 1 aliphatic heterocycles. The average molecular weight is 364 g/mol. The summed E-state index contributed by atoms with van der Waals surface area (Å²) in [4.78, 5) is 19.6. The van der Waals surface area contributed by atoms with Crippen LogP contribution in [0.5, 0.6) is 0 Å². The molecule has 1 aliphatic rings. The smallest absolute Gasteiger partial charge is 0.257 e. The number of hydrogen-bond acceptors (Lipinski definition) is 4. The van der Waals surface area contributed by atoms with Gasteiger partial charge in [0, 0.05) is 48.8 Å². The lowest BCUT2D eigenvalue weighted by molar-refractivity contribution is 0.102. The SMILES string of the molecule is CCCn1cc(C(=O)Nc2ccc(N3CCOCC3)cc2)c2cccnc21. The van der Waals surface area contributed by atoms with Crippen LogP contribution in [-0.4, -0.2) is 41.8 Å². The molecule has 0 bridgehead atoms. The summed E-state index contributed by atoms with van der Waals surface area (Å²) in [5.41, 5.74) is 3.45. The van der Waals surface area contributed by atoms with E-state index in [4.69, 9.17) is 4.74 Å². The Bertz CT molecular complexity index is 927. The molecule has 1 amide bonds. The Morgan fingerprint density at radius 3 is 2.70 bits per heavy atom. The van der Waals surface area contributed by atoms with Gasteiger partial charge in [-0.2, -0.15) is 0 Å². The molecule has 1 N–H and O–H groups in total. The first kappa shape index (κ1) is 17.5. The highest BCUT2D eigenvalue weighted by Gasteiger charge is 2.16. The lowest BCUT2D eigenvalue weighted by Gasteiger charge is -2.28. The van der Waals surface area contributed by atoms with Gasteiger partial charge in [-0.25, -0.2) is 4.98 Å². The third-order valence-corrected chi connectivity index (χ3v) is 4.84. The van der Waals surface area contributed by atoms with Gasteiger partial charge in [-0.3, -0.25) is 4.79 Å². The minimum Gasteiger partial charge on any atom is -0.378 e. The van der Waals surface area contributed by atoms with Gasteiger partial charge in [-0.1, -0.05) is 6.92 Å². The summed E-state index contributed by atoms with van der Waals surface area (Å²) in [5, 5.41) is 3.90. The maximum absolute atomic E-state index is 12.9. The maximum atomic E-state index is 12.9. The zero-order valence-corrected chi connectivity index (χ0v) is 15.5. The Balaban J connectivity index is 1.53. The Kier molecular flexibility index (Phi) is 5.07. The van der Waals surface area contributed by atoms with Crippen LogP contribution >= 0.6 is 0 Å². The van der Waals surface area contributed by atoms with Gasteiger partial charge in [0.25, 0.3) is 5.91 Å². The summed E-state index contributed by atoms with van der Waals surface area (Å²) in [6.07, 6.45) is 4.66. The van der Waals surface area contributed by atoms with E-state index < -0.39 is 0 Å². The minimum absolute atomic E-state index is 0.109. The molecule has 27 heavy (non-hydrogen) atoms. The van der Waals surface area contributed by atoms with Crippen LogP contribution in [0.3, 0.4) is 0 Å². The van der Waals surface area contributed by atoms with Crippen LogP contribution in [-0.2, 0) is 11.3 Å². The molecule has 1 saturated heterocycles. The number of nitrogens with zero attached hydrogens (tertiary/aromatic N) is 3. The molecule has 1 fully saturated rings. The van der Waals surface area contributed by atoms with Gasteiger partial charge in [-0.15, -0.1) is 0 Å². The van der Waals surface area contributed by atoms with E-state index in [-0.39, 0.29) is 5.91 Å². The number of amides is 1. The molecular weight excluding hydrogens is 340 g/mol. The molecule has 1 aromatic carbocycles. The number of fused-ring (bicyclic) bond motifs is 1. The predicted octanol–water partition coefficient (Wildman–Crippen LogP) is 3.54. The molecule has 0 radical (unpaired) electrons. The number of carbonyl (C=O) groups is 1. The fourth-order valence-electron chi connectivity index (χ4n) is 3.49. The number of carbonyl (C=O) groups excluding carboxylic acids is 1. The van der Waals surface area contributed by atoms with Crippen molar-refractivity contribution in [1.29, 1.82) is 0 Å². The second kappa shape index (κ2) is 7.80. The number of hydrogen-bond donors (Lipinski definition) is 1. The first-order valence-corrected chi connectivity index (χ1v) is 9.44. The molecule has 3 heterocycles. The third-order valence-electron chi connectivity index (χ3n) is 4.84. The van der Waals surface area contributed by atoms with Gasteiger partial charge in [-0.05, 0) is 42.8 Å². The van der Waals surface area contributed by atoms with Crippen molar-refractivity contribution in [1.82, 2.24) is 9.55 Å². The minimum atomic E-state index is -0.109. The van der Waals surface area contributed by atoms with Gasteiger partial charge >= 0.3 is 0 Å². The van der Waals surface area contributed by atoms with Crippen molar-refractivity contribution in [2.75, 3.05) is 36.5 Å². The van der Waals surface area contributed by atoms with Crippen molar-refractivity contribution >= 4 is 28.3 Å². The molecule has 0 aliphatic carbocycles. The third kappa shape index (κ3) is 3.66. The van der Waals surface area contributed by atoms with E-state index >= 15 is 0 Å². The van der Waals surface area contributed by atoms with Crippen LogP contribution in [0.15, 0.2) is 48.8 Å². The summed E-state index contributed by atoms with van der Waals surface area (Å²) >= 11 is 0. The molecule has 0 spiro atoms. The monoisotopic (exact) mass is 364 g/mol. The van der Waals surface area contributed by atoms with Crippen LogP contribution in [0.2, 0.25) is 0 Å². The largest absolute Gasteiger partial charge is 0.378 e. The van der Waals surface area contributed by atoms with Crippen molar-refractivity contribution in [3.63, 3.8) is 0 Å². The van der Waals surface area contributed by atoms with Crippen LogP contribution in [0, 0.1) is 0 Å². The van der Waals surface area contributed by atoms with Crippen molar-refractivity contribution in [3.05, 3.63) is 54.4 Å². The molecule has 6 nitrogen and oxygen atoms in total. The number of aryl methyl sites for hydroxylation is 1. The molecule has 6 heteroatoms. The standard InChI is InChI=1S/C21H24N4O2/c1-2-10-25-15-19(18-4-3-9-22-20(18)25)21(26)23-16-5-7-17(8-6-16)24-11-13-27-14-12-24/h3-9,15H,2,10-14H2,1H3,(H,23,26). The highest BCUT2D eigenvalue weighted by Crippen LogP contribution is 2.23. The van der Waals surface area contributed by atoms with E-state index in [1.165, 1.54) is 0 Å². The summed E-state index contributed by atoms with van der Waals surface area (Å²) in [5.74, 6) is -0.109. The number of morpholine rings is 1. The van der Waals surface area contributed by atoms with E-state index in [1.54, 1.807) is 6.20 Å². The normalized spacial score (nSPS) is 14.5. The van der Waals surface area contributed by atoms with Crippen molar-refractivity contribution in [2.45, 2.75) is 19.9 Å². The maximum Gasteiger partial charge on any atom is 0.257 e. The summed E-state index contributed by atoms with van der Waals surface area (Å²) in [6.45, 7) is 6.27. The summed E-state index contributed by atoms with van der Waals surface area (Å²) < 4.78 is 7.44. The second-order valence-corrected chi connectivity index (χ2v) is 6.71. The first-order valence-electron chi connectivity index (χ1n) is 9.44. The highest BCUT2D eigenvalue weighted by atomic mass is 16.5. The lowest BCUT2D eigenvalue weighted by atomic mass is 10.2. The van der Waals surface area contributed by atoms with E-state index in [9.17, 15) is 4.79 Å². The zero-order valence-electron chi connectivity index (χ0n) is 15.5. The zero-order chi connectivity index (χ0) is 18.6. The Hall–Kier alpha value is -2.86. The average Bonchev–Trinajstić information content (AvgIpc) is 3.08. The fourth-order valence-corrected chi connectivity index (χ4v) is 3.49. The molecule has 0 atom stereocenters. The molecule has 0 saturated carbocycles. The Morgan fingerprint density at radius 1 is 1.19 bits per heavy atom. The molecule has 2 aromatic heterocycles. The van der Waals surface area contributed by atoms with Crippen molar-refractivity contribution in [3.8, 4) is 0 Å². The van der Waals surface area contributed by atoms with Gasteiger partial charge < -0.3 is 19.5 Å². The second-order valence-electron chi connectivity index (χ2n) is 6.71. The fraction of sp³-hybridized carbons (Fsp3) is 0.333. The molecule has 3 aromatic rings. The van der Waals surface area contributed by atoms with Crippen LogP contribution in [0.4, 0.5) is 11.4 Å². The number of ether oxygens (including phenoxy) is 1. The molecule has 140 valence electrons. The molecule has 4 rings (SSSR count). The van der Waals surface area contributed by atoms with Crippen molar-refractivity contribution in [2.24, 2.45) is 0 Å².